The number of aromatic carboxylic acids is 1. The Bertz CT molecular complexity index is 1420. The van der Waals surface area contributed by atoms with Crippen LogP contribution in [0, 0.1) is 20.8 Å². The average Bonchev–Trinajstić information content (AvgIpc) is 3.11. The van der Waals surface area contributed by atoms with E-state index >= 15 is 0 Å². The SMILES string of the molecule is Cc1ccc2nc(-c3ccc(N4CCn5nc(C(=O)O)c(C)c5C4=O)c(C)c3)ncc2c1. The monoisotopic (exact) mass is 427 g/mol. The number of anilines is 1. The summed E-state index contributed by atoms with van der Waals surface area (Å²) in [5.74, 6) is -0.752. The number of aromatic nitrogens is 4. The molecule has 160 valence electrons. The molecule has 8 nitrogen and oxygen atoms in total. The van der Waals surface area contributed by atoms with Gasteiger partial charge < -0.3 is 10.0 Å². The van der Waals surface area contributed by atoms with Gasteiger partial charge in [-0.1, -0.05) is 11.6 Å². The van der Waals surface area contributed by atoms with Crippen LogP contribution in [0.3, 0.4) is 0 Å². The molecule has 32 heavy (non-hydrogen) atoms. The number of hydrogen-bond donors (Lipinski definition) is 1. The van der Waals surface area contributed by atoms with Crippen LogP contribution in [-0.4, -0.2) is 43.3 Å². The second kappa shape index (κ2) is 7.26. The lowest BCUT2D eigenvalue weighted by Crippen LogP contribution is -2.41. The summed E-state index contributed by atoms with van der Waals surface area (Å²) in [5.41, 5.74) is 5.23. The molecule has 0 saturated carbocycles. The third kappa shape index (κ3) is 3.11. The molecule has 0 unspecified atom stereocenters. The van der Waals surface area contributed by atoms with Gasteiger partial charge in [-0.2, -0.15) is 5.10 Å². The van der Waals surface area contributed by atoms with Crippen molar-refractivity contribution in [3.05, 3.63) is 70.7 Å². The predicted octanol–water partition coefficient (Wildman–Crippen LogP) is 3.78. The first kappa shape index (κ1) is 19.9. The predicted molar refractivity (Wildman–Crippen MR) is 120 cm³/mol. The molecule has 1 amide bonds. The topological polar surface area (TPSA) is 101 Å². The first-order chi connectivity index (χ1) is 15.3. The van der Waals surface area contributed by atoms with E-state index in [9.17, 15) is 14.7 Å². The first-order valence-electron chi connectivity index (χ1n) is 10.3. The van der Waals surface area contributed by atoms with Gasteiger partial charge in [-0.05, 0) is 56.7 Å². The summed E-state index contributed by atoms with van der Waals surface area (Å²) in [6.07, 6.45) is 1.83. The molecule has 4 aromatic rings. The van der Waals surface area contributed by atoms with Crippen molar-refractivity contribution in [2.24, 2.45) is 0 Å². The minimum Gasteiger partial charge on any atom is -0.476 e. The number of carbonyl (C=O) groups is 2. The molecule has 0 radical (unpaired) electrons. The van der Waals surface area contributed by atoms with E-state index in [4.69, 9.17) is 0 Å². The number of carboxylic acids is 1. The fourth-order valence-corrected chi connectivity index (χ4v) is 4.23. The second-order valence-electron chi connectivity index (χ2n) is 8.06. The van der Waals surface area contributed by atoms with Crippen LogP contribution in [0.15, 0.2) is 42.6 Å². The van der Waals surface area contributed by atoms with Gasteiger partial charge >= 0.3 is 5.97 Å². The third-order valence-corrected chi connectivity index (χ3v) is 5.86. The summed E-state index contributed by atoms with van der Waals surface area (Å²) in [7, 11) is 0. The highest BCUT2D eigenvalue weighted by molar-refractivity contribution is 6.08. The number of benzene rings is 2. The lowest BCUT2D eigenvalue weighted by Gasteiger charge is -2.29. The number of carbonyl (C=O) groups excluding carboxylic acids is 1. The normalized spacial score (nSPS) is 13.5. The van der Waals surface area contributed by atoms with Crippen LogP contribution in [0.2, 0.25) is 0 Å². The van der Waals surface area contributed by atoms with Crippen LogP contribution in [0.1, 0.15) is 37.7 Å². The van der Waals surface area contributed by atoms with Crippen molar-refractivity contribution in [2.75, 3.05) is 11.4 Å². The summed E-state index contributed by atoms with van der Waals surface area (Å²) in [5, 5.41) is 14.4. The Morgan fingerprint density at radius 1 is 1.06 bits per heavy atom. The summed E-state index contributed by atoms with van der Waals surface area (Å²) in [6, 6.07) is 11.8. The number of nitrogens with zero attached hydrogens (tertiary/aromatic N) is 5. The minimum atomic E-state index is -1.13. The minimum absolute atomic E-state index is 0.0779. The molecule has 1 aliphatic heterocycles. The maximum Gasteiger partial charge on any atom is 0.356 e. The molecule has 0 atom stereocenters. The van der Waals surface area contributed by atoms with Crippen molar-refractivity contribution in [3.8, 4) is 11.4 Å². The first-order valence-corrected chi connectivity index (χ1v) is 10.3. The number of amides is 1. The Morgan fingerprint density at radius 2 is 1.88 bits per heavy atom. The van der Waals surface area contributed by atoms with Crippen molar-refractivity contribution in [3.63, 3.8) is 0 Å². The fourth-order valence-electron chi connectivity index (χ4n) is 4.23. The van der Waals surface area contributed by atoms with Gasteiger partial charge in [0.1, 0.15) is 5.69 Å². The number of fused-ring (bicyclic) bond motifs is 2. The molecule has 0 fully saturated rings. The van der Waals surface area contributed by atoms with E-state index in [1.165, 1.54) is 4.68 Å². The summed E-state index contributed by atoms with van der Waals surface area (Å²) in [6.45, 7) is 6.45. The Hall–Kier alpha value is -4.07. The number of hydrogen-bond acceptors (Lipinski definition) is 5. The highest BCUT2D eigenvalue weighted by Gasteiger charge is 2.32. The zero-order chi connectivity index (χ0) is 22.6. The zero-order valence-electron chi connectivity index (χ0n) is 18.0. The quantitative estimate of drug-likeness (QED) is 0.534. The smallest absolute Gasteiger partial charge is 0.356 e. The average molecular weight is 427 g/mol. The van der Waals surface area contributed by atoms with Crippen molar-refractivity contribution >= 4 is 28.5 Å². The highest BCUT2D eigenvalue weighted by atomic mass is 16.4. The molecule has 8 heteroatoms. The van der Waals surface area contributed by atoms with Gasteiger partial charge in [0.15, 0.2) is 11.5 Å². The summed E-state index contributed by atoms with van der Waals surface area (Å²) in [4.78, 5) is 35.5. The van der Waals surface area contributed by atoms with E-state index in [1.54, 1.807) is 11.8 Å². The van der Waals surface area contributed by atoms with Gasteiger partial charge in [-0.15, -0.1) is 0 Å². The number of rotatable bonds is 3. The molecule has 3 heterocycles. The summed E-state index contributed by atoms with van der Waals surface area (Å²) < 4.78 is 1.49. The largest absolute Gasteiger partial charge is 0.476 e. The highest BCUT2D eigenvalue weighted by Crippen LogP contribution is 2.30. The number of aryl methyl sites for hydroxylation is 2. The van der Waals surface area contributed by atoms with E-state index in [0.29, 0.717) is 30.2 Å². The lowest BCUT2D eigenvalue weighted by atomic mass is 10.1. The van der Waals surface area contributed by atoms with Crippen LogP contribution >= 0.6 is 0 Å². The molecular formula is C24H21N5O3. The molecule has 5 rings (SSSR count). The van der Waals surface area contributed by atoms with E-state index in [2.05, 4.69) is 21.1 Å². The molecule has 0 aliphatic carbocycles. The van der Waals surface area contributed by atoms with Crippen LogP contribution in [-0.2, 0) is 6.54 Å². The standard InChI is InChI=1S/C24H21N5O3/c1-13-4-6-18-17(10-13)12-25-22(26-18)16-5-7-19(14(2)11-16)28-8-9-29-21(23(28)30)15(3)20(27-29)24(31)32/h4-7,10-12H,8-9H2,1-3H3,(H,31,32). The van der Waals surface area contributed by atoms with Gasteiger partial charge in [0.25, 0.3) is 5.91 Å². The Kier molecular flexibility index (Phi) is 4.51. The molecule has 0 spiro atoms. The molecule has 0 saturated heterocycles. The van der Waals surface area contributed by atoms with E-state index in [-0.39, 0.29) is 11.6 Å². The Balaban J connectivity index is 1.49. The molecule has 1 N–H and O–H groups in total. The molecular weight excluding hydrogens is 406 g/mol. The van der Waals surface area contributed by atoms with Gasteiger partial charge in [0.2, 0.25) is 0 Å². The molecule has 0 bridgehead atoms. The maximum atomic E-state index is 13.2. The van der Waals surface area contributed by atoms with Crippen LogP contribution in [0.4, 0.5) is 5.69 Å². The molecule has 2 aromatic carbocycles. The zero-order valence-corrected chi connectivity index (χ0v) is 18.0. The van der Waals surface area contributed by atoms with Gasteiger partial charge in [-0.3, -0.25) is 9.48 Å². The summed E-state index contributed by atoms with van der Waals surface area (Å²) >= 11 is 0. The van der Waals surface area contributed by atoms with Crippen LogP contribution < -0.4 is 4.90 Å². The number of carboxylic acid groups (broad SMARTS) is 1. The van der Waals surface area contributed by atoms with E-state index in [1.807, 2.05) is 50.4 Å². The van der Waals surface area contributed by atoms with E-state index < -0.39 is 5.97 Å². The fraction of sp³-hybridized carbons (Fsp3) is 0.208. The van der Waals surface area contributed by atoms with Crippen molar-refractivity contribution in [1.29, 1.82) is 0 Å². The van der Waals surface area contributed by atoms with Crippen LogP contribution in [0.25, 0.3) is 22.3 Å². The Morgan fingerprint density at radius 3 is 2.62 bits per heavy atom. The van der Waals surface area contributed by atoms with Gasteiger partial charge in [0, 0.05) is 34.9 Å². The molecule has 2 aromatic heterocycles. The van der Waals surface area contributed by atoms with Crippen molar-refractivity contribution < 1.29 is 14.7 Å². The van der Waals surface area contributed by atoms with Crippen molar-refractivity contribution in [2.45, 2.75) is 27.3 Å². The van der Waals surface area contributed by atoms with Gasteiger partial charge in [0.05, 0.1) is 12.1 Å². The third-order valence-electron chi connectivity index (χ3n) is 5.86. The van der Waals surface area contributed by atoms with Crippen molar-refractivity contribution in [1.82, 2.24) is 19.7 Å². The Labute approximate surface area is 184 Å². The van der Waals surface area contributed by atoms with Gasteiger partial charge in [-0.25, -0.2) is 14.8 Å². The lowest BCUT2D eigenvalue weighted by molar-refractivity contribution is 0.0688. The van der Waals surface area contributed by atoms with E-state index in [0.717, 1.165) is 33.3 Å². The molecule has 1 aliphatic rings. The second-order valence-corrected chi connectivity index (χ2v) is 8.06. The maximum absolute atomic E-state index is 13.2. The van der Waals surface area contributed by atoms with Crippen LogP contribution in [0.5, 0.6) is 0 Å².